The fourth-order valence-electron chi connectivity index (χ4n) is 2.74. The highest BCUT2D eigenvalue weighted by atomic mass is 16.3. The number of nitrogens with zero attached hydrogens (tertiary/aromatic N) is 2. The molecule has 0 unspecified atom stereocenters. The van der Waals surface area contributed by atoms with Gasteiger partial charge in [-0.1, -0.05) is 19.3 Å². The highest BCUT2D eigenvalue weighted by Gasteiger charge is 2.24. The second-order valence-electron chi connectivity index (χ2n) is 5.33. The van der Waals surface area contributed by atoms with Gasteiger partial charge >= 0.3 is 0 Å². The van der Waals surface area contributed by atoms with Gasteiger partial charge in [-0.2, -0.15) is 0 Å². The molecular weight excluding hydrogens is 216 g/mol. The number of likely N-dealkylation sites (tertiary alicyclic amines) is 2. The molecule has 0 bridgehead atoms. The molecule has 0 radical (unpaired) electrons. The highest BCUT2D eigenvalue weighted by molar-refractivity contribution is 5.78. The predicted octanol–water partition coefficient (Wildman–Crippen LogP) is 0.846. The first-order chi connectivity index (χ1) is 8.25. The molecule has 2 saturated heterocycles. The van der Waals surface area contributed by atoms with Gasteiger partial charge in [0.2, 0.25) is 5.91 Å². The molecule has 0 aromatic heterocycles. The van der Waals surface area contributed by atoms with Crippen LogP contribution in [0.1, 0.15) is 38.5 Å². The number of amides is 1. The Morgan fingerprint density at radius 1 is 1.06 bits per heavy atom. The molecule has 0 saturated carbocycles. The van der Waals surface area contributed by atoms with Crippen molar-refractivity contribution in [3.8, 4) is 0 Å². The number of aliphatic hydroxyl groups is 1. The van der Waals surface area contributed by atoms with E-state index in [1.165, 1.54) is 19.3 Å². The lowest BCUT2D eigenvalue weighted by Gasteiger charge is -2.26. The van der Waals surface area contributed by atoms with E-state index in [1.807, 2.05) is 4.90 Å². The van der Waals surface area contributed by atoms with Crippen LogP contribution in [0.5, 0.6) is 0 Å². The van der Waals surface area contributed by atoms with Crippen LogP contribution in [0.3, 0.4) is 0 Å². The van der Waals surface area contributed by atoms with Crippen LogP contribution in [-0.4, -0.2) is 59.6 Å². The second-order valence-corrected chi connectivity index (χ2v) is 5.33. The maximum absolute atomic E-state index is 12.1. The maximum atomic E-state index is 12.1. The standard InChI is InChI=1S/C13H24N2O2/c16-12-6-9-14(10-12)11-13(17)15-7-4-2-1-3-5-8-15/h12,16H,1-11H2/t12-/m0/s1. The van der Waals surface area contributed by atoms with Crippen molar-refractivity contribution in [2.24, 2.45) is 0 Å². The van der Waals surface area contributed by atoms with Crippen molar-refractivity contribution < 1.29 is 9.90 Å². The monoisotopic (exact) mass is 240 g/mol. The molecule has 0 aromatic carbocycles. The summed E-state index contributed by atoms with van der Waals surface area (Å²) in [7, 11) is 0. The van der Waals surface area contributed by atoms with Crippen LogP contribution < -0.4 is 0 Å². The zero-order valence-electron chi connectivity index (χ0n) is 10.6. The lowest BCUT2D eigenvalue weighted by atomic mass is 10.1. The number of β-amino-alcohol motifs (C(OH)–C–C–N with tert-alkyl or cyclic N) is 1. The van der Waals surface area contributed by atoms with Gasteiger partial charge in [0.05, 0.1) is 12.6 Å². The Kier molecular flexibility index (Phi) is 4.80. The number of carbonyl (C=O) groups excluding carboxylic acids is 1. The Morgan fingerprint density at radius 3 is 2.29 bits per heavy atom. The zero-order chi connectivity index (χ0) is 12.1. The summed E-state index contributed by atoms with van der Waals surface area (Å²) < 4.78 is 0. The molecule has 0 aliphatic carbocycles. The molecule has 2 heterocycles. The van der Waals surface area contributed by atoms with Gasteiger partial charge in [0.25, 0.3) is 0 Å². The minimum Gasteiger partial charge on any atom is -0.392 e. The van der Waals surface area contributed by atoms with E-state index < -0.39 is 0 Å². The fraction of sp³-hybridized carbons (Fsp3) is 0.923. The van der Waals surface area contributed by atoms with Gasteiger partial charge in [0, 0.05) is 26.2 Å². The lowest BCUT2D eigenvalue weighted by Crippen LogP contribution is -2.41. The van der Waals surface area contributed by atoms with Gasteiger partial charge in [-0.25, -0.2) is 0 Å². The maximum Gasteiger partial charge on any atom is 0.236 e. The van der Waals surface area contributed by atoms with E-state index >= 15 is 0 Å². The Bertz CT molecular complexity index is 250. The molecule has 17 heavy (non-hydrogen) atoms. The molecule has 0 spiro atoms. The van der Waals surface area contributed by atoms with Crippen LogP contribution in [0, 0.1) is 0 Å². The normalized spacial score (nSPS) is 27.8. The van der Waals surface area contributed by atoms with Crippen molar-refractivity contribution in [1.82, 2.24) is 9.80 Å². The summed E-state index contributed by atoms with van der Waals surface area (Å²) in [6.07, 6.45) is 6.71. The van der Waals surface area contributed by atoms with Crippen LogP contribution in [0.4, 0.5) is 0 Å². The molecule has 1 atom stereocenters. The molecule has 1 N–H and O–H groups in total. The first-order valence-electron chi connectivity index (χ1n) is 6.94. The average Bonchev–Trinajstić information content (AvgIpc) is 2.63. The van der Waals surface area contributed by atoms with E-state index in [1.54, 1.807) is 0 Å². The molecule has 2 rings (SSSR count). The zero-order valence-corrected chi connectivity index (χ0v) is 10.6. The highest BCUT2D eigenvalue weighted by Crippen LogP contribution is 2.12. The summed E-state index contributed by atoms with van der Waals surface area (Å²) in [6.45, 7) is 3.88. The number of aliphatic hydroxyl groups excluding tert-OH is 1. The molecule has 1 amide bonds. The Morgan fingerprint density at radius 2 is 1.71 bits per heavy atom. The molecule has 2 aliphatic rings. The quantitative estimate of drug-likeness (QED) is 0.778. The topological polar surface area (TPSA) is 43.8 Å². The molecular formula is C13H24N2O2. The largest absolute Gasteiger partial charge is 0.392 e. The smallest absolute Gasteiger partial charge is 0.236 e. The van der Waals surface area contributed by atoms with Crippen LogP contribution in [0.2, 0.25) is 0 Å². The van der Waals surface area contributed by atoms with Crippen molar-refractivity contribution in [3.63, 3.8) is 0 Å². The van der Waals surface area contributed by atoms with Crippen LogP contribution >= 0.6 is 0 Å². The van der Waals surface area contributed by atoms with Crippen molar-refractivity contribution in [2.75, 3.05) is 32.7 Å². The van der Waals surface area contributed by atoms with Crippen molar-refractivity contribution >= 4 is 5.91 Å². The first-order valence-corrected chi connectivity index (χ1v) is 6.94. The number of carbonyl (C=O) groups is 1. The fourth-order valence-corrected chi connectivity index (χ4v) is 2.74. The number of hydrogen-bond acceptors (Lipinski definition) is 3. The van der Waals surface area contributed by atoms with E-state index in [2.05, 4.69) is 4.90 Å². The van der Waals surface area contributed by atoms with E-state index in [4.69, 9.17) is 0 Å². The van der Waals surface area contributed by atoms with Crippen LogP contribution in [-0.2, 0) is 4.79 Å². The summed E-state index contributed by atoms with van der Waals surface area (Å²) >= 11 is 0. The summed E-state index contributed by atoms with van der Waals surface area (Å²) in [5.74, 6) is 0.251. The van der Waals surface area contributed by atoms with E-state index in [-0.39, 0.29) is 12.0 Å². The van der Waals surface area contributed by atoms with Crippen LogP contribution in [0.25, 0.3) is 0 Å². The van der Waals surface area contributed by atoms with Gasteiger partial charge in [0.15, 0.2) is 0 Å². The van der Waals surface area contributed by atoms with Crippen molar-refractivity contribution in [3.05, 3.63) is 0 Å². The van der Waals surface area contributed by atoms with E-state index in [9.17, 15) is 9.90 Å². The summed E-state index contributed by atoms with van der Waals surface area (Å²) in [5, 5.41) is 9.44. The molecule has 98 valence electrons. The van der Waals surface area contributed by atoms with Gasteiger partial charge < -0.3 is 10.0 Å². The number of hydrogen-bond donors (Lipinski definition) is 1. The average molecular weight is 240 g/mol. The van der Waals surface area contributed by atoms with Gasteiger partial charge in [-0.05, 0) is 19.3 Å². The predicted molar refractivity (Wildman–Crippen MR) is 66.7 cm³/mol. The third kappa shape index (κ3) is 3.96. The summed E-state index contributed by atoms with van der Waals surface area (Å²) in [6, 6.07) is 0. The molecule has 2 aliphatic heterocycles. The van der Waals surface area contributed by atoms with Gasteiger partial charge in [-0.15, -0.1) is 0 Å². The SMILES string of the molecule is O=C(CN1CC[C@H](O)C1)N1CCCCCCC1. The van der Waals surface area contributed by atoms with Gasteiger partial charge in [0.1, 0.15) is 0 Å². The third-order valence-corrected chi connectivity index (χ3v) is 3.82. The van der Waals surface area contributed by atoms with Crippen molar-refractivity contribution in [1.29, 1.82) is 0 Å². The number of rotatable bonds is 2. The molecule has 2 fully saturated rings. The minimum absolute atomic E-state index is 0.227. The summed E-state index contributed by atoms with van der Waals surface area (Å²) in [4.78, 5) is 16.2. The van der Waals surface area contributed by atoms with Gasteiger partial charge in [-0.3, -0.25) is 9.69 Å². The molecule has 0 aromatic rings. The first kappa shape index (κ1) is 12.8. The lowest BCUT2D eigenvalue weighted by molar-refractivity contribution is -0.132. The van der Waals surface area contributed by atoms with Crippen molar-refractivity contribution in [2.45, 2.75) is 44.6 Å². The second kappa shape index (κ2) is 6.36. The Labute approximate surface area is 104 Å². The van der Waals surface area contributed by atoms with E-state index in [0.717, 1.165) is 38.9 Å². The minimum atomic E-state index is -0.227. The third-order valence-electron chi connectivity index (χ3n) is 3.82. The Balaban J connectivity index is 1.77. The van der Waals surface area contributed by atoms with E-state index in [0.29, 0.717) is 13.1 Å². The molecule has 4 nitrogen and oxygen atoms in total. The van der Waals surface area contributed by atoms with Crippen LogP contribution in [0.15, 0.2) is 0 Å². The Hall–Kier alpha value is -0.610. The molecule has 4 heteroatoms. The summed E-state index contributed by atoms with van der Waals surface area (Å²) in [5.41, 5.74) is 0.